The Morgan fingerprint density at radius 3 is 2.50 bits per heavy atom. The van der Waals surface area contributed by atoms with Gasteiger partial charge in [0.2, 0.25) is 5.91 Å². The number of hydrogen-bond acceptors (Lipinski definition) is 4. The van der Waals surface area contributed by atoms with Crippen LogP contribution in [-0.2, 0) is 27.8 Å². The van der Waals surface area contributed by atoms with E-state index in [0.717, 1.165) is 23.3 Å². The van der Waals surface area contributed by atoms with Crippen molar-refractivity contribution in [1.29, 1.82) is 0 Å². The van der Waals surface area contributed by atoms with Gasteiger partial charge in [-0.05, 0) is 49.6 Å². The van der Waals surface area contributed by atoms with Crippen molar-refractivity contribution in [3.05, 3.63) is 50.8 Å². The van der Waals surface area contributed by atoms with Gasteiger partial charge < -0.3 is 4.90 Å². The molecule has 0 atom stereocenters. The standard InChI is InChI=1S/C19H22Cl2N2O3S2/c1-2-22(13-14-5-7-16(20)17(21)11-14)18(24)12-15-6-8-19(27-15)28(25,26)23-9-3-4-10-23/h5-8,11H,2-4,9-10,12-13H2,1H3. The smallest absolute Gasteiger partial charge is 0.252 e. The lowest BCUT2D eigenvalue weighted by Crippen LogP contribution is -2.31. The molecule has 1 aromatic heterocycles. The molecule has 28 heavy (non-hydrogen) atoms. The van der Waals surface area contributed by atoms with Crippen LogP contribution < -0.4 is 0 Å². The molecule has 152 valence electrons. The van der Waals surface area contributed by atoms with Gasteiger partial charge in [0.15, 0.2) is 0 Å². The first kappa shape index (κ1) is 21.6. The quantitative estimate of drug-likeness (QED) is 0.613. The molecule has 1 aliphatic rings. The van der Waals surface area contributed by atoms with Crippen molar-refractivity contribution in [3.8, 4) is 0 Å². The molecule has 3 rings (SSSR count). The number of benzene rings is 1. The molecule has 0 aliphatic carbocycles. The minimum Gasteiger partial charge on any atom is -0.338 e. The lowest BCUT2D eigenvalue weighted by molar-refractivity contribution is -0.130. The Bertz CT molecular complexity index is 954. The van der Waals surface area contributed by atoms with Gasteiger partial charge in [-0.3, -0.25) is 4.79 Å². The van der Waals surface area contributed by atoms with Gasteiger partial charge in [-0.25, -0.2) is 8.42 Å². The molecule has 0 saturated carbocycles. The van der Waals surface area contributed by atoms with Gasteiger partial charge in [-0.1, -0.05) is 29.3 Å². The van der Waals surface area contributed by atoms with Crippen LogP contribution in [0.5, 0.6) is 0 Å². The Hall–Kier alpha value is -1.12. The fourth-order valence-electron chi connectivity index (χ4n) is 3.14. The minimum atomic E-state index is -3.44. The molecule has 1 amide bonds. The lowest BCUT2D eigenvalue weighted by atomic mass is 10.2. The monoisotopic (exact) mass is 460 g/mol. The summed E-state index contributed by atoms with van der Waals surface area (Å²) < 4.78 is 27.1. The average Bonchev–Trinajstić information content (AvgIpc) is 3.35. The van der Waals surface area contributed by atoms with Gasteiger partial charge >= 0.3 is 0 Å². The highest BCUT2D eigenvalue weighted by molar-refractivity contribution is 7.91. The molecule has 1 saturated heterocycles. The van der Waals surface area contributed by atoms with Crippen molar-refractivity contribution in [2.24, 2.45) is 0 Å². The maximum absolute atomic E-state index is 12.7. The normalized spacial score (nSPS) is 15.1. The van der Waals surface area contributed by atoms with E-state index >= 15 is 0 Å². The SMILES string of the molecule is CCN(Cc1ccc(Cl)c(Cl)c1)C(=O)Cc1ccc(S(=O)(=O)N2CCCC2)s1. The van der Waals surface area contributed by atoms with Crippen LogP contribution in [0, 0.1) is 0 Å². The van der Waals surface area contributed by atoms with E-state index < -0.39 is 10.0 Å². The molecule has 2 heterocycles. The molecule has 0 bridgehead atoms. The third kappa shape index (κ3) is 4.89. The van der Waals surface area contributed by atoms with Crippen molar-refractivity contribution in [3.63, 3.8) is 0 Å². The largest absolute Gasteiger partial charge is 0.338 e. The molecule has 0 unspecified atom stereocenters. The summed E-state index contributed by atoms with van der Waals surface area (Å²) in [5, 5.41) is 0.933. The Balaban J connectivity index is 1.67. The zero-order valence-corrected chi connectivity index (χ0v) is 18.7. The van der Waals surface area contributed by atoms with Crippen LogP contribution >= 0.6 is 34.5 Å². The predicted octanol–water partition coefficient (Wildman–Crippen LogP) is 4.43. The second-order valence-electron chi connectivity index (χ2n) is 6.67. The molecular formula is C19H22Cl2N2O3S2. The van der Waals surface area contributed by atoms with Gasteiger partial charge in [0.05, 0.1) is 16.5 Å². The van der Waals surface area contributed by atoms with Crippen molar-refractivity contribution < 1.29 is 13.2 Å². The van der Waals surface area contributed by atoms with Crippen molar-refractivity contribution in [1.82, 2.24) is 9.21 Å². The topological polar surface area (TPSA) is 57.7 Å². The molecular weight excluding hydrogens is 439 g/mol. The van der Waals surface area contributed by atoms with E-state index in [4.69, 9.17) is 23.2 Å². The van der Waals surface area contributed by atoms with Crippen LogP contribution in [0.1, 0.15) is 30.2 Å². The number of likely N-dealkylation sites (N-methyl/N-ethyl adjacent to an activating group) is 1. The van der Waals surface area contributed by atoms with E-state index in [-0.39, 0.29) is 12.3 Å². The summed E-state index contributed by atoms with van der Waals surface area (Å²) in [5.74, 6) is -0.0551. The number of rotatable bonds is 7. The molecule has 5 nitrogen and oxygen atoms in total. The van der Waals surface area contributed by atoms with Crippen molar-refractivity contribution >= 4 is 50.5 Å². The van der Waals surface area contributed by atoms with Gasteiger partial charge in [0, 0.05) is 31.1 Å². The highest BCUT2D eigenvalue weighted by atomic mass is 35.5. The fourth-order valence-corrected chi connectivity index (χ4v) is 6.48. The van der Waals surface area contributed by atoms with Gasteiger partial charge in [0.1, 0.15) is 4.21 Å². The number of sulfonamides is 1. The van der Waals surface area contributed by atoms with Crippen LogP contribution in [0.2, 0.25) is 10.0 Å². The number of carbonyl (C=O) groups is 1. The summed E-state index contributed by atoms with van der Waals surface area (Å²) in [5.41, 5.74) is 0.896. The molecule has 1 aliphatic heterocycles. The maximum Gasteiger partial charge on any atom is 0.252 e. The van der Waals surface area contributed by atoms with E-state index in [2.05, 4.69) is 0 Å². The van der Waals surface area contributed by atoms with E-state index in [1.165, 1.54) is 15.6 Å². The number of nitrogens with zero attached hydrogens (tertiary/aromatic N) is 2. The summed E-state index contributed by atoms with van der Waals surface area (Å²) in [7, 11) is -3.44. The molecule has 1 fully saturated rings. The molecule has 1 aromatic carbocycles. The second-order valence-corrected chi connectivity index (χ2v) is 10.8. The molecule has 0 radical (unpaired) electrons. The summed E-state index contributed by atoms with van der Waals surface area (Å²) in [4.78, 5) is 15.2. The fraction of sp³-hybridized carbons (Fsp3) is 0.421. The summed E-state index contributed by atoms with van der Waals surface area (Å²) in [6, 6.07) is 8.66. The third-order valence-corrected chi connectivity index (χ3v) is 8.90. The first-order chi connectivity index (χ1) is 13.3. The average molecular weight is 461 g/mol. The van der Waals surface area contributed by atoms with Crippen LogP contribution in [-0.4, -0.2) is 43.2 Å². The Morgan fingerprint density at radius 1 is 1.14 bits per heavy atom. The van der Waals surface area contributed by atoms with E-state index in [0.29, 0.717) is 40.4 Å². The third-order valence-electron chi connectivity index (χ3n) is 4.71. The molecule has 2 aromatic rings. The molecule has 9 heteroatoms. The van der Waals surface area contributed by atoms with Crippen LogP contribution in [0.4, 0.5) is 0 Å². The Kier molecular flexibility index (Phi) is 7.04. The maximum atomic E-state index is 12.7. The number of carbonyl (C=O) groups excluding carboxylic acids is 1. The first-order valence-corrected chi connectivity index (χ1v) is 12.1. The zero-order valence-electron chi connectivity index (χ0n) is 15.5. The first-order valence-electron chi connectivity index (χ1n) is 9.12. The van der Waals surface area contributed by atoms with Crippen molar-refractivity contribution in [2.75, 3.05) is 19.6 Å². The zero-order chi connectivity index (χ0) is 20.3. The second kappa shape index (κ2) is 9.13. The summed E-state index contributed by atoms with van der Waals surface area (Å²) >= 11 is 13.2. The lowest BCUT2D eigenvalue weighted by Gasteiger charge is -2.21. The number of halogens is 2. The van der Waals surface area contributed by atoms with E-state index in [1.807, 2.05) is 13.0 Å². The summed E-state index contributed by atoms with van der Waals surface area (Å²) in [6.07, 6.45) is 1.97. The van der Waals surface area contributed by atoms with Gasteiger partial charge in [-0.2, -0.15) is 4.31 Å². The van der Waals surface area contributed by atoms with Crippen LogP contribution in [0.15, 0.2) is 34.5 Å². The minimum absolute atomic E-state index is 0.0551. The number of hydrogen-bond donors (Lipinski definition) is 0. The van der Waals surface area contributed by atoms with Gasteiger partial charge in [0.25, 0.3) is 10.0 Å². The van der Waals surface area contributed by atoms with Crippen LogP contribution in [0.25, 0.3) is 0 Å². The highest BCUT2D eigenvalue weighted by Crippen LogP contribution is 2.28. The van der Waals surface area contributed by atoms with E-state index in [1.54, 1.807) is 29.2 Å². The molecule has 0 N–H and O–H groups in total. The highest BCUT2D eigenvalue weighted by Gasteiger charge is 2.28. The number of amides is 1. The van der Waals surface area contributed by atoms with Gasteiger partial charge in [-0.15, -0.1) is 11.3 Å². The number of thiophene rings is 1. The predicted molar refractivity (Wildman–Crippen MR) is 114 cm³/mol. The Morgan fingerprint density at radius 2 is 1.86 bits per heavy atom. The molecule has 0 spiro atoms. The van der Waals surface area contributed by atoms with E-state index in [9.17, 15) is 13.2 Å². The Labute approximate surface area is 179 Å². The van der Waals surface area contributed by atoms with Crippen LogP contribution in [0.3, 0.4) is 0 Å². The van der Waals surface area contributed by atoms with Crippen molar-refractivity contribution in [2.45, 2.75) is 36.9 Å². The summed E-state index contributed by atoms with van der Waals surface area (Å²) in [6.45, 7) is 4.02.